The maximum Gasteiger partial charge on any atom is 0.0703 e. The Balaban J connectivity index is 1.77. The Kier molecular flexibility index (Phi) is 4.34. The van der Waals surface area contributed by atoms with E-state index in [1.807, 2.05) is 30.4 Å². The summed E-state index contributed by atoms with van der Waals surface area (Å²) in [6.45, 7) is 7.81. The molecule has 0 fully saturated rings. The van der Waals surface area contributed by atoms with E-state index < -0.39 is 0 Å². The second-order valence-electron chi connectivity index (χ2n) is 5.23. The van der Waals surface area contributed by atoms with Crippen molar-refractivity contribution in [2.75, 3.05) is 5.32 Å². The van der Waals surface area contributed by atoms with Crippen molar-refractivity contribution >= 4 is 28.4 Å². The summed E-state index contributed by atoms with van der Waals surface area (Å²) >= 11 is 0. The zero-order valence-electron chi connectivity index (χ0n) is 12.9. The lowest BCUT2D eigenvalue weighted by Crippen LogP contribution is -1.97. The highest BCUT2D eigenvalue weighted by atomic mass is 14.9. The van der Waals surface area contributed by atoms with Crippen LogP contribution in [0.15, 0.2) is 86.1 Å². The summed E-state index contributed by atoms with van der Waals surface area (Å²) in [6, 6.07) is 18.3. The molecule has 0 aliphatic rings. The quantitative estimate of drug-likeness (QED) is 0.628. The number of fused-ring (bicyclic) bond motifs is 1. The molecule has 23 heavy (non-hydrogen) atoms. The molecule has 0 unspecified atom stereocenters. The number of pyridine rings is 1. The molecule has 1 heterocycles. The van der Waals surface area contributed by atoms with Crippen LogP contribution in [0, 0.1) is 0 Å². The highest BCUT2D eigenvalue weighted by Crippen LogP contribution is 2.21. The van der Waals surface area contributed by atoms with E-state index in [2.05, 4.69) is 59.9 Å². The summed E-state index contributed by atoms with van der Waals surface area (Å²) in [5.74, 6) is 0. The van der Waals surface area contributed by atoms with Crippen LogP contribution in [0.3, 0.4) is 0 Å². The molecule has 0 aliphatic carbocycles. The fourth-order valence-electron chi connectivity index (χ4n) is 2.37. The lowest BCUT2D eigenvalue weighted by molar-refractivity contribution is 1.41. The zero-order valence-corrected chi connectivity index (χ0v) is 12.9. The third-order valence-electron chi connectivity index (χ3n) is 3.58. The Hall–Kier alpha value is -3.13. The van der Waals surface area contributed by atoms with Gasteiger partial charge in [0.15, 0.2) is 0 Å². The molecule has 0 bridgehead atoms. The summed E-state index contributed by atoms with van der Waals surface area (Å²) < 4.78 is 0. The van der Waals surface area contributed by atoms with Crippen molar-refractivity contribution < 1.29 is 0 Å². The molecule has 0 saturated carbocycles. The largest absolute Gasteiger partial charge is 0.356 e. The van der Waals surface area contributed by atoms with Crippen molar-refractivity contribution in [3.05, 3.63) is 97.2 Å². The first-order valence-corrected chi connectivity index (χ1v) is 7.46. The average Bonchev–Trinajstić information content (AvgIpc) is 2.60. The van der Waals surface area contributed by atoms with E-state index in [9.17, 15) is 0 Å². The highest BCUT2D eigenvalue weighted by Gasteiger charge is 2.01. The van der Waals surface area contributed by atoms with Crippen LogP contribution >= 0.6 is 0 Å². The van der Waals surface area contributed by atoms with Gasteiger partial charge < -0.3 is 5.32 Å². The van der Waals surface area contributed by atoms with Crippen molar-refractivity contribution in [3.8, 4) is 0 Å². The first-order valence-electron chi connectivity index (χ1n) is 7.46. The van der Waals surface area contributed by atoms with E-state index >= 15 is 0 Å². The third-order valence-corrected chi connectivity index (χ3v) is 3.58. The van der Waals surface area contributed by atoms with Crippen molar-refractivity contribution in [3.63, 3.8) is 0 Å². The monoisotopic (exact) mass is 298 g/mol. The van der Waals surface area contributed by atoms with Gasteiger partial charge in [0.25, 0.3) is 0 Å². The van der Waals surface area contributed by atoms with Gasteiger partial charge in [0.2, 0.25) is 0 Å². The fraction of sp³-hybridized carbons (Fsp3) is 0. The van der Waals surface area contributed by atoms with Crippen LogP contribution in [-0.4, -0.2) is 4.98 Å². The van der Waals surface area contributed by atoms with Gasteiger partial charge in [-0.05, 0) is 35.4 Å². The van der Waals surface area contributed by atoms with Crippen LogP contribution in [0.25, 0.3) is 22.7 Å². The Bertz CT molecular complexity index is 874. The predicted molar refractivity (Wildman–Crippen MR) is 100 cm³/mol. The Morgan fingerprint density at radius 2 is 1.87 bits per heavy atom. The maximum atomic E-state index is 4.33. The molecule has 0 atom stereocenters. The normalized spacial score (nSPS) is 10.8. The van der Waals surface area contributed by atoms with Gasteiger partial charge >= 0.3 is 0 Å². The number of benzene rings is 2. The molecule has 112 valence electrons. The van der Waals surface area contributed by atoms with Crippen molar-refractivity contribution in [1.29, 1.82) is 0 Å². The summed E-state index contributed by atoms with van der Waals surface area (Å²) in [5.41, 5.74) is 5.06. The molecule has 0 spiro atoms. The number of rotatable bonds is 5. The molecule has 2 heteroatoms. The number of allylic oxidation sites excluding steroid dienone is 2. The fourth-order valence-corrected chi connectivity index (χ4v) is 2.37. The second-order valence-corrected chi connectivity index (χ2v) is 5.23. The molecule has 1 aromatic heterocycles. The summed E-state index contributed by atoms with van der Waals surface area (Å²) in [4.78, 5) is 4.33. The lowest BCUT2D eigenvalue weighted by atomic mass is 10.1. The molecular weight excluding hydrogens is 280 g/mol. The summed E-state index contributed by atoms with van der Waals surface area (Å²) in [7, 11) is 0. The van der Waals surface area contributed by atoms with Crippen LogP contribution in [0.1, 0.15) is 11.1 Å². The first-order chi connectivity index (χ1) is 11.3. The van der Waals surface area contributed by atoms with Gasteiger partial charge in [-0.25, -0.2) is 0 Å². The molecule has 0 saturated heterocycles. The van der Waals surface area contributed by atoms with E-state index in [0.29, 0.717) is 0 Å². The Morgan fingerprint density at radius 3 is 2.65 bits per heavy atom. The molecule has 0 radical (unpaired) electrons. The minimum atomic E-state index is 0.868. The minimum Gasteiger partial charge on any atom is -0.356 e. The third kappa shape index (κ3) is 3.55. The van der Waals surface area contributed by atoms with Crippen molar-refractivity contribution in [1.82, 2.24) is 4.98 Å². The molecule has 2 nitrogen and oxygen atoms in total. The summed E-state index contributed by atoms with van der Waals surface area (Å²) in [6.07, 6.45) is 7.51. The summed E-state index contributed by atoms with van der Waals surface area (Å²) in [5, 5.41) is 4.46. The SMILES string of the molecule is C=C/C=C/c1ccc(C(=C)Nc2ccc3ncccc3c2)cc1. The molecular formula is C21H18N2. The van der Waals surface area contributed by atoms with E-state index in [4.69, 9.17) is 0 Å². The lowest BCUT2D eigenvalue weighted by Gasteiger charge is -2.11. The zero-order chi connectivity index (χ0) is 16.1. The van der Waals surface area contributed by atoms with Gasteiger partial charge in [-0.2, -0.15) is 0 Å². The molecule has 2 aromatic carbocycles. The maximum absolute atomic E-state index is 4.33. The topological polar surface area (TPSA) is 24.9 Å². The molecule has 0 aliphatic heterocycles. The average molecular weight is 298 g/mol. The smallest absolute Gasteiger partial charge is 0.0703 e. The number of hydrogen-bond donors (Lipinski definition) is 1. The second kappa shape index (κ2) is 6.75. The molecule has 1 N–H and O–H groups in total. The predicted octanol–water partition coefficient (Wildman–Crippen LogP) is 5.52. The van der Waals surface area contributed by atoms with Gasteiger partial charge in [0, 0.05) is 23.0 Å². The number of nitrogens with zero attached hydrogens (tertiary/aromatic N) is 1. The number of aromatic nitrogens is 1. The first kappa shape index (κ1) is 14.8. The Labute approximate surface area is 136 Å². The van der Waals surface area contributed by atoms with E-state index in [-0.39, 0.29) is 0 Å². The van der Waals surface area contributed by atoms with Crippen LogP contribution in [0.5, 0.6) is 0 Å². The minimum absolute atomic E-state index is 0.868. The van der Waals surface area contributed by atoms with Crippen molar-refractivity contribution in [2.45, 2.75) is 0 Å². The van der Waals surface area contributed by atoms with Gasteiger partial charge in [-0.3, -0.25) is 4.98 Å². The number of hydrogen-bond acceptors (Lipinski definition) is 2. The molecule has 3 rings (SSSR count). The van der Waals surface area contributed by atoms with Crippen LogP contribution < -0.4 is 5.32 Å². The van der Waals surface area contributed by atoms with E-state index in [0.717, 1.165) is 33.4 Å². The number of nitrogens with one attached hydrogen (secondary N) is 1. The van der Waals surface area contributed by atoms with Crippen LogP contribution in [0.2, 0.25) is 0 Å². The molecule has 3 aromatic rings. The highest BCUT2D eigenvalue weighted by molar-refractivity contribution is 5.85. The number of anilines is 1. The Morgan fingerprint density at radius 1 is 1.04 bits per heavy atom. The van der Waals surface area contributed by atoms with Gasteiger partial charge in [-0.1, -0.05) is 61.7 Å². The van der Waals surface area contributed by atoms with E-state index in [1.165, 1.54) is 0 Å². The van der Waals surface area contributed by atoms with E-state index in [1.54, 1.807) is 12.3 Å². The standard InChI is InChI=1S/C21H18N2/c1-3-4-6-17-8-10-18(11-9-17)16(2)23-20-12-13-21-19(15-20)7-5-14-22-21/h3-15,23H,1-2H2/b6-4+. The van der Waals surface area contributed by atoms with Gasteiger partial charge in [-0.15, -0.1) is 0 Å². The molecule has 0 amide bonds. The van der Waals surface area contributed by atoms with Crippen LogP contribution in [-0.2, 0) is 0 Å². The van der Waals surface area contributed by atoms with Gasteiger partial charge in [0.1, 0.15) is 0 Å². The van der Waals surface area contributed by atoms with Crippen LogP contribution in [0.4, 0.5) is 5.69 Å². The van der Waals surface area contributed by atoms with Crippen molar-refractivity contribution in [2.24, 2.45) is 0 Å². The van der Waals surface area contributed by atoms with Gasteiger partial charge in [0.05, 0.1) is 5.52 Å².